The second kappa shape index (κ2) is 5.74. The minimum Gasteiger partial charge on any atom is -0.342 e. The van der Waals surface area contributed by atoms with Crippen LogP contribution < -0.4 is 0 Å². The molecule has 0 radical (unpaired) electrons. The second-order valence-corrected chi connectivity index (χ2v) is 6.92. The summed E-state index contributed by atoms with van der Waals surface area (Å²) in [6, 6.07) is 0.417. The number of nitrogens with zero attached hydrogens (tertiary/aromatic N) is 2. The van der Waals surface area contributed by atoms with Crippen LogP contribution in [0, 0.1) is 11.8 Å². The number of hydrogen-bond donors (Lipinski definition) is 0. The van der Waals surface area contributed by atoms with E-state index in [9.17, 15) is 9.59 Å². The molecule has 2 atom stereocenters. The molecule has 3 fully saturated rings. The molecular weight excluding hydrogens is 252 g/mol. The van der Waals surface area contributed by atoms with Crippen LogP contribution in [0.25, 0.3) is 0 Å². The molecule has 20 heavy (non-hydrogen) atoms. The molecule has 2 amide bonds. The molecule has 0 aromatic heterocycles. The number of carbonyl (C=O) groups is 2. The molecule has 0 N–H and O–H groups in total. The van der Waals surface area contributed by atoms with Crippen LogP contribution in [0.3, 0.4) is 0 Å². The third-order valence-corrected chi connectivity index (χ3v) is 5.24. The lowest BCUT2D eigenvalue weighted by Gasteiger charge is -2.33. The van der Waals surface area contributed by atoms with Crippen LogP contribution in [0.1, 0.15) is 51.9 Å². The number of rotatable bonds is 2. The first-order valence-electron chi connectivity index (χ1n) is 8.23. The van der Waals surface area contributed by atoms with E-state index >= 15 is 0 Å². The molecule has 1 aliphatic carbocycles. The predicted octanol–water partition coefficient (Wildman–Crippen LogP) is 2.04. The number of carbonyl (C=O) groups excluding carboxylic acids is 2. The fourth-order valence-corrected chi connectivity index (χ4v) is 4.11. The molecule has 4 nitrogen and oxygen atoms in total. The van der Waals surface area contributed by atoms with Crippen LogP contribution in [0.15, 0.2) is 0 Å². The summed E-state index contributed by atoms with van der Waals surface area (Å²) in [5, 5.41) is 0. The van der Waals surface area contributed by atoms with Crippen LogP contribution in [-0.4, -0.2) is 47.3 Å². The first-order chi connectivity index (χ1) is 9.65. The number of piperidine rings is 1. The van der Waals surface area contributed by atoms with E-state index < -0.39 is 0 Å². The van der Waals surface area contributed by atoms with E-state index in [1.807, 2.05) is 9.80 Å². The molecule has 112 valence electrons. The molecule has 4 heteroatoms. The normalized spacial score (nSPS) is 32.1. The predicted molar refractivity (Wildman–Crippen MR) is 77.1 cm³/mol. The molecule has 0 unspecified atom stereocenters. The molecule has 0 aromatic rings. The van der Waals surface area contributed by atoms with Gasteiger partial charge in [0.15, 0.2) is 0 Å². The summed E-state index contributed by atoms with van der Waals surface area (Å²) in [7, 11) is 0. The zero-order valence-electron chi connectivity index (χ0n) is 12.5. The molecule has 3 aliphatic rings. The van der Waals surface area contributed by atoms with Gasteiger partial charge >= 0.3 is 0 Å². The number of amides is 2. The summed E-state index contributed by atoms with van der Waals surface area (Å²) in [6.45, 7) is 4.65. The van der Waals surface area contributed by atoms with E-state index in [-0.39, 0.29) is 17.7 Å². The molecule has 2 aliphatic heterocycles. The Morgan fingerprint density at radius 1 is 1.10 bits per heavy atom. The van der Waals surface area contributed by atoms with E-state index in [0.717, 1.165) is 32.4 Å². The molecule has 1 saturated carbocycles. The fourth-order valence-electron chi connectivity index (χ4n) is 4.11. The maximum atomic E-state index is 12.6. The van der Waals surface area contributed by atoms with Crippen molar-refractivity contribution in [2.24, 2.45) is 11.8 Å². The van der Waals surface area contributed by atoms with Crippen molar-refractivity contribution < 1.29 is 9.59 Å². The molecule has 0 bridgehead atoms. The maximum Gasteiger partial charge on any atom is 0.228 e. The van der Waals surface area contributed by atoms with Crippen LogP contribution in [0.2, 0.25) is 0 Å². The summed E-state index contributed by atoms with van der Waals surface area (Å²) < 4.78 is 0. The topological polar surface area (TPSA) is 40.6 Å². The van der Waals surface area contributed by atoms with E-state index in [1.54, 1.807) is 0 Å². The van der Waals surface area contributed by atoms with Gasteiger partial charge in [0.25, 0.3) is 0 Å². The zero-order chi connectivity index (χ0) is 14.1. The summed E-state index contributed by atoms with van der Waals surface area (Å²) in [4.78, 5) is 28.8. The largest absolute Gasteiger partial charge is 0.342 e. The van der Waals surface area contributed by atoms with Gasteiger partial charge in [-0.1, -0.05) is 19.8 Å². The minimum atomic E-state index is -0.0756. The minimum absolute atomic E-state index is 0.0756. The summed E-state index contributed by atoms with van der Waals surface area (Å²) in [5.41, 5.74) is 0. The maximum absolute atomic E-state index is 12.6. The Morgan fingerprint density at radius 2 is 1.85 bits per heavy atom. The van der Waals surface area contributed by atoms with Crippen molar-refractivity contribution in [1.29, 1.82) is 0 Å². The van der Waals surface area contributed by atoms with Crippen molar-refractivity contribution in [2.45, 2.75) is 57.9 Å². The molecule has 3 rings (SSSR count). The van der Waals surface area contributed by atoms with Gasteiger partial charge in [0, 0.05) is 32.1 Å². The van der Waals surface area contributed by atoms with Crippen molar-refractivity contribution in [3.63, 3.8) is 0 Å². The molecule has 2 heterocycles. The van der Waals surface area contributed by atoms with E-state index in [4.69, 9.17) is 0 Å². The van der Waals surface area contributed by atoms with Crippen molar-refractivity contribution in [3.8, 4) is 0 Å². The fraction of sp³-hybridized carbons (Fsp3) is 0.875. The average Bonchev–Trinajstić information content (AvgIpc) is 3.06. The highest BCUT2D eigenvalue weighted by atomic mass is 16.2. The van der Waals surface area contributed by atoms with Crippen molar-refractivity contribution in [3.05, 3.63) is 0 Å². The lowest BCUT2D eigenvalue weighted by molar-refractivity contribution is -0.137. The number of hydrogen-bond acceptors (Lipinski definition) is 2. The van der Waals surface area contributed by atoms with Gasteiger partial charge in [-0.15, -0.1) is 0 Å². The highest BCUT2D eigenvalue weighted by Gasteiger charge is 2.40. The van der Waals surface area contributed by atoms with Gasteiger partial charge in [0.1, 0.15) is 0 Å². The third kappa shape index (κ3) is 2.70. The van der Waals surface area contributed by atoms with Crippen molar-refractivity contribution in [1.82, 2.24) is 9.80 Å². The Balaban J connectivity index is 1.60. The highest BCUT2D eigenvalue weighted by molar-refractivity contribution is 5.89. The van der Waals surface area contributed by atoms with Crippen LogP contribution >= 0.6 is 0 Å². The van der Waals surface area contributed by atoms with Crippen molar-refractivity contribution >= 4 is 11.8 Å². The summed E-state index contributed by atoms with van der Waals surface area (Å²) in [5.74, 6) is 0.967. The number of likely N-dealkylation sites (tertiary alicyclic amines) is 2. The van der Waals surface area contributed by atoms with Crippen LogP contribution in [0.4, 0.5) is 0 Å². The van der Waals surface area contributed by atoms with Gasteiger partial charge in [-0.05, 0) is 31.6 Å². The molecule has 2 saturated heterocycles. The zero-order valence-corrected chi connectivity index (χ0v) is 12.5. The first-order valence-corrected chi connectivity index (χ1v) is 8.23. The smallest absolute Gasteiger partial charge is 0.228 e. The SMILES string of the molecule is C[C@H]1CCCN(C(=O)[C@H]2CC(=O)N(C3CCCC3)C2)C1. The molecular formula is C16H26N2O2. The standard InChI is InChI=1S/C16H26N2O2/c1-12-5-4-8-17(10-12)16(20)13-9-15(19)18(11-13)14-6-2-3-7-14/h12-14H,2-11H2,1H3/t12-,13-/m0/s1. The van der Waals surface area contributed by atoms with E-state index in [2.05, 4.69) is 6.92 Å². The Morgan fingerprint density at radius 3 is 2.55 bits per heavy atom. The van der Waals surface area contributed by atoms with Gasteiger partial charge in [-0.25, -0.2) is 0 Å². The second-order valence-electron chi connectivity index (χ2n) is 6.92. The molecule has 0 spiro atoms. The van der Waals surface area contributed by atoms with Crippen LogP contribution in [-0.2, 0) is 9.59 Å². The monoisotopic (exact) mass is 278 g/mol. The van der Waals surface area contributed by atoms with Gasteiger partial charge in [0.05, 0.1) is 5.92 Å². The van der Waals surface area contributed by atoms with Gasteiger partial charge in [-0.3, -0.25) is 9.59 Å². The van der Waals surface area contributed by atoms with E-state index in [0.29, 0.717) is 24.9 Å². The van der Waals surface area contributed by atoms with Gasteiger partial charge in [-0.2, -0.15) is 0 Å². The Hall–Kier alpha value is -1.06. The quantitative estimate of drug-likeness (QED) is 0.775. The average molecular weight is 278 g/mol. The van der Waals surface area contributed by atoms with Crippen molar-refractivity contribution in [2.75, 3.05) is 19.6 Å². The van der Waals surface area contributed by atoms with E-state index in [1.165, 1.54) is 19.3 Å². The Labute approximate surface area is 121 Å². The lowest BCUT2D eigenvalue weighted by Crippen LogP contribution is -2.43. The first kappa shape index (κ1) is 13.9. The Kier molecular flexibility index (Phi) is 3.99. The van der Waals surface area contributed by atoms with Crippen LogP contribution in [0.5, 0.6) is 0 Å². The lowest BCUT2D eigenvalue weighted by atomic mass is 9.98. The summed E-state index contributed by atoms with van der Waals surface area (Å²) >= 11 is 0. The summed E-state index contributed by atoms with van der Waals surface area (Å²) in [6.07, 6.45) is 7.51. The third-order valence-electron chi connectivity index (χ3n) is 5.24. The van der Waals surface area contributed by atoms with Gasteiger partial charge in [0.2, 0.25) is 11.8 Å². The Bertz CT molecular complexity index is 390. The molecule has 0 aromatic carbocycles. The highest BCUT2D eigenvalue weighted by Crippen LogP contribution is 2.30. The van der Waals surface area contributed by atoms with Gasteiger partial charge < -0.3 is 9.80 Å².